The predicted octanol–water partition coefficient (Wildman–Crippen LogP) is 3.99. The molecule has 0 aliphatic rings. The van der Waals surface area contributed by atoms with Crippen LogP contribution in [0.1, 0.15) is 25.3 Å². The van der Waals surface area contributed by atoms with Gasteiger partial charge in [0, 0.05) is 0 Å². The van der Waals surface area contributed by atoms with E-state index in [2.05, 4.69) is 34.3 Å². The minimum Gasteiger partial charge on any atom is -0.300 e. The average molecular weight is 392 g/mol. The smallest absolute Gasteiger partial charge is 0.261 e. The Labute approximate surface area is 165 Å². The van der Waals surface area contributed by atoms with Gasteiger partial charge in [-0.05, 0) is 42.7 Å². The molecule has 7 heteroatoms. The molecule has 2 heterocycles. The van der Waals surface area contributed by atoms with Crippen molar-refractivity contribution in [1.29, 1.82) is 0 Å². The molecule has 2 aromatic carbocycles. The molecule has 1 N–H and O–H groups in total. The number of fused-ring (bicyclic) bond motifs is 2. The van der Waals surface area contributed by atoms with Gasteiger partial charge in [-0.1, -0.05) is 42.9 Å². The van der Waals surface area contributed by atoms with E-state index < -0.39 is 0 Å². The summed E-state index contributed by atoms with van der Waals surface area (Å²) in [5.41, 5.74) is 2.54. The number of benzene rings is 2. The Balaban J connectivity index is 1.50. The fraction of sp³-hybridized carbons (Fsp3) is 0.238. The summed E-state index contributed by atoms with van der Waals surface area (Å²) in [5.74, 6) is -0.301. The molecular formula is C21H20N4O2S. The van der Waals surface area contributed by atoms with Crippen LogP contribution < -0.4 is 10.9 Å². The van der Waals surface area contributed by atoms with Crippen LogP contribution in [-0.2, 0) is 17.8 Å². The molecule has 0 atom stereocenters. The number of nitrogens with one attached hydrogen (secondary N) is 1. The number of carbonyl (C=O) groups is 1. The molecule has 142 valence electrons. The van der Waals surface area contributed by atoms with Crippen LogP contribution in [0.15, 0.2) is 53.6 Å². The van der Waals surface area contributed by atoms with E-state index in [1.165, 1.54) is 27.8 Å². The van der Waals surface area contributed by atoms with Gasteiger partial charge < -0.3 is 5.32 Å². The van der Waals surface area contributed by atoms with Crippen LogP contribution in [0.25, 0.3) is 21.1 Å². The van der Waals surface area contributed by atoms with E-state index >= 15 is 0 Å². The average Bonchev–Trinajstić information content (AvgIpc) is 3.10. The molecule has 0 fully saturated rings. The molecule has 0 radical (unpaired) electrons. The number of rotatable bonds is 6. The summed E-state index contributed by atoms with van der Waals surface area (Å²) >= 11 is 1.44. The second-order valence-electron chi connectivity index (χ2n) is 6.67. The van der Waals surface area contributed by atoms with Crippen LogP contribution in [-0.4, -0.2) is 20.4 Å². The summed E-state index contributed by atoms with van der Waals surface area (Å²) in [6, 6.07) is 13.3. The number of carbonyl (C=O) groups excluding carboxylic acids is 1. The summed E-state index contributed by atoms with van der Waals surface area (Å²) < 4.78 is 2.36. The molecule has 0 saturated heterocycles. The Bertz CT molecular complexity index is 1210. The first-order valence-electron chi connectivity index (χ1n) is 9.27. The highest BCUT2D eigenvalue weighted by Crippen LogP contribution is 2.27. The molecule has 0 bridgehead atoms. The van der Waals surface area contributed by atoms with Crippen molar-refractivity contribution in [2.75, 3.05) is 5.32 Å². The van der Waals surface area contributed by atoms with Crippen LogP contribution in [0.4, 0.5) is 5.13 Å². The van der Waals surface area contributed by atoms with E-state index in [-0.39, 0.29) is 18.0 Å². The zero-order chi connectivity index (χ0) is 19.5. The minimum atomic E-state index is -0.301. The molecule has 2 aromatic heterocycles. The zero-order valence-electron chi connectivity index (χ0n) is 15.5. The van der Waals surface area contributed by atoms with Gasteiger partial charge >= 0.3 is 0 Å². The molecule has 0 saturated carbocycles. The van der Waals surface area contributed by atoms with Crippen molar-refractivity contribution < 1.29 is 4.79 Å². The Hall–Kier alpha value is -3.06. The fourth-order valence-electron chi connectivity index (χ4n) is 3.09. The summed E-state index contributed by atoms with van der Waals surface area (Å²) in [6.45, 7) is 2.07. The number of hydrogen-bond donors (Lipinski definition) is 1. The van der Waals surface area contributed by atoms with Crippen LogP contribution >= 0.6 is 11.3 Å². The van der Waals surface area contributed by atoms with E-state index in [1.54, 1.807) is 18.2 Å². The van der Waals surface area contributed by atoms with Gasteiger partial charge in [-0.15, -0.1) is 0 Å². The summed E-state index contributed by atoms with van der Waals surface area (Å²) in [7, 11) is 0. The lowest BCUT2D eigenvalue weighted by Gasteiger charge is -2.06. The van der Waals surface area contributed by atoms with E-state index in [4.69, 9.17) is 0 Å². The first-order chi connectivity index (χ1) is 13.6. The van der Waals surface area contributed by atoms with Gasteiger partial charge in [0.15, 0.2) is 5.13 Å². The van der Waals surface area contributed by atoms with E-state index in [0.29, 0.717) is 16.0 Å². The van der Waals surface area contributed by atoms with E-state index in [1.807, 2.05) is 12.1 Å². The van der Waals surface area contributed by atoms with Crippen molar-refractivity contribution in [2.24, 2.45) is 0 Å². The highest BCUT2D eigenvalue weighted by atomic mass is 32.1. The third kappa shape index (κ3) is 3.80. The number of anilines is 1. The Kier molecular flexibility index (Phi) is 5.16. The standard InChI is InChI=1S/C21H20N4O2S/c1-2-3-6-14-9-10-17-18(11-14)28-21(23-17)24-19(26)12-25-13-22-16-8-5-4-7-15(16)20(25)27/h4-5,7-11,13H,2-3,6,12H2,1H3,(H,23,24,26). The first kappa shape index (κ1) is 18.3. The molecule has 1 amide bonds. The largest absolute Gasteiger partial charge is 0.300 e. The summed E-state index contributed by atoms with van der Waals surface area (Å²) in [5, 5.41) is 3.83. The van der Waals surface area contributed by atoms with Gasteiger partial charge in [0.05, 0.1) is 27.4 Å². The minimum absolute atomic E-state index is 0.103. The number of aromatic nitrogens is 3. The molecule has 0 aliphatic carbocycles. The number of amides is 1. The second kappa shape index (κ2) is 7.90. The van der Waals surface area contributed by atoms with Gasteiger partial charge in [0.2, 0.25) is 5.91 Å². The Morgan fingerprint density at radius 1 is 1.18 bits per heavy atom. The maximum absolute atomic E-state index is 12.5. The van der Waals surface area contributed by atoms with Crippen molar-refractivity contribution >= 4 is 43.5 Å². The lowest BCUT2D eigenvalue weighted by atomic mass is 10.1. The molecule has 0 unspecified atom stereocenters. The van der Waals surface area contributed by atoms with Crippen LogP contribution in [0.5, 0.6) is 0 Å². The fourth-order valence-corrected chi connectivity index (χ4v) is 4.04. The zero-order valence-corrected chi connectivity index (χ0v) is 16.3. The molecule has 0 spiro atoms. The van der Waals surface area contributed by atoms with Crippen LogP contribution in [0, 0.1) is 0 Å². The molecular weight excluding hydrogens is 372 g/mol. The van der Waals surface area contributed by atoms with Crippen molar-refractivity contribution in [1.82, 2.24) is 14.5 Å². The highest BCUT2D eigenvalue weighted by molar-refractivity contribution is 7.22. The quantitative estimate of drug-likeness (QED) is 0.538. The third-order valence-electron chi connectivity index (χ3n) is 4.56. The van der Waals surface area contributed by atoms with Gasteiger partial charge in [-0.3, -0.25) is 14.2 Å². The number of unbranched alkanes of at least 4 members (excludes halogenated alkanes) is 1. The molecule has 6 nitrogen and oxygen atoms in total. The number of para-hydroxylation sites is 1. The van der Waals surface area contributed by atoms with Crippen molar-refractivity contribution in [3.8, 4) is 0 Å². The first-order valence-corrected chi connectivity index (χ1v) is 10.1. The summed E-state index contributed by atoms with van der Waals surface area (Å²) in [4.78, 5) is 33.6. The van der Waals surface area contributed by atoms with Gasteiger partial charge in [0.1, 0.15) is 6.54 Å². The van der Waals surface area contributed by atoms with Crippen molar-refractivity contribution in [3.05, 3.63) is 64.7 Å². The van der Waals surface area contributed by atoms with Gasteiger partial charge in [0.25, 0.3) is 5.56 Å². The topological polar surface area (TPSA) is 76.9 Å². The molecule has 28 heavy (non-hydrogen) atoms. The maximum Gasteiger partial charge on any atom is 0.261 e. The number of thiazole rings is 1. The van der Waals surface area contributed by atoms with Crippen LogP contribution in [0.3, 0.4) is 0 Å². The lowest BCUT2D eigenvalue weighted by molar-refractivity contribution is -0.116. The number of hydrogen-bond acceptors (Lipinski definition) is 5. The molecule has 4 aromatic rings. The highest BCUT2D eigenvalue weighted by Gasteiger charge is 2.11. The van der Waals surface area contributed by atoms with Gasteiger partial charge in [-0.2, -0.15) is 0 Å². The predicted molar refractivity (Wildman–Crippen MR) is 113 cm³/mol. The van der Waals surface area contributed by atoms with Crippen LogP contribution in [0.2, 0.25) is 0 Å². The lowest BCUT2D eigenvalue weighted by Crippen LogP contribution is -2.27. The summed E-state index contributed by atoms with van der Waals surface area (Å²) in [6.07, 6.45) is 4.76. The SMILES string of the molecule is CCCCc1ccc2nc(NC(=O)Cn3cnc4ccccc4c3=O)sc2c1. The van der Waals surface area contributed by atoms with Crippen molar-refractivity contribution in [3.63, 3.8) is 0 Å². The molecule has 0 aliphatic heterocycles. The maximum atomic E-state index is 12.5. The number of nitrogens with zero attached hydrogens (tertiary/aromatic N) is 3. The van der Waals surface area contributed by atoms with E-state index in [9.17, 15) is 9.59 Å². The second-order valence-corrected chi connectivity index (χ2v) is 7.70. The van der Waals surface area contributed by atoms with Gasteiger partial charge in [-0.25, -0.2) is 9.97 Å². The van der Waals surface area contributed by atoms with E-state index in [0.717, 1.165) is 29.5 Å². The number of aryl methyl sites for hydroxylation is 1. The third-order valence-corrected chi connectivity index (χ3v) is 5.50. The monoisotopic (exact) mass is 392 g/mol. The normalized spacial score (nSPS) is 11.2. The van der Waals surface area contributed by atoms with Crippen molar-refractivity contribution in [2.45, 2.75) is 32.7 Å². The molecule has 4 rings (SSSR count). The Morgan fingerprint density at radius 2 is 2.04 bits per heavy atom. The Morgan fingerprint density at radius 3 is 2.89 bits per heavy atom.